The van der Waals surface area contributed by atoms with Crippen molar-refractivity contribution < 1.29 is 0 Å². The maximum absolute atomic E-state index is 11.9. The summed E-state index contributed by atoms with van der Waals surface area (Å²) >= 11 is 0. The lowest BCUT2D eigenvalue weighted by molar-refractivity contribution is 0.784. The first kappa shape index (κ1) is 20.3. The minimum Gasteiger partial charge on any atom is -0.258 e. The highest BCUT2D eigenvalue weighted by Crippen LogP contribution is 2.12. The minimum absolute atomic E-state index is 0.283. The Morgan fingerprint density at radius 2 is 0.750 bits per heavy atom. The van der Waals surface area contributed by atoms with Gasteiger partial charge in [-0.15, -0.1) is 0 Å². The first-order valence-corrected chi connectivity index (χ1v) is 9.12. The summed E-state index contributed by atoms with van der Waals surface area (Å²) in [5, 5.41) is 0. The van der Waals surface area contributed by atoms with E-state index in [2.05, 4.69) is 0 Å². The van der Waals surface area contributed by atoms with Gasteiger partial charge in [0.15, 0.2) is 0 Å². The van der Waals surface area contributed by atoms with Crippen LogP contribution in [-0.4, -0.2) is 29.1 Å². The third-order valence-electron chi connectivity index (χ3n) is 4.47. The molecule has 0 unspecified atom stereocenters. The fraction of sp³-hybridized carbons (Fsp3) is 0. The van der Waals surface area contributed by atoms with Crippen molar-refractivity contribution in [3.05, 3.63) is 123 Å². The third kappa shape index (κ3) is 4.00. The van der Waals surface area contributed by atoms with Gasteiger partial charge in [-0.2, -0.15) is 0 Å². The number of rotatable bonds is 4. The van der Waals surface area contributed by atoms with Gasteiger partial charge in [-0.3, -0.25) is 19.9 Å². The van der Waals surface area contributed by atoms with E-state index in [-0.39, 0.29) is 11.4 Å². The predicted octanol–water partition coefficient (Wildman–Crippen LogP) is -1.09. The average Bonchev–Trinajstić information content (AvgIpc) is 2.73. The van der Waals surface area contributed by atoms with E-state index in [1.807, 2.05) is 19.9 Å². The van der Waals surface area contributed by atoms with Crippen molar-refractivity contribution in [1.82, 2.24) is 29.1 Å². The van der Waals surface area contributed by atoms with Gasteiger partial charge < -0.3 is 0 Å². The Bertz CT molecular complexity index is 1480. The van der Waals surface area contributed by atoms with E-state index in [4.69, 9.17) is 0 Å². The smallest absolute Gasteiger partial charge is 0.258 e. The molecule has 2 heterocycles. The molecule has 32 heavy (non-hydrogen) atoms. The number of benzene rings is 2. The topological polar surface area (TPSA) is 175 Å². The number of nitrogens with one attached hydrogen (secondary N) is 4. The molecule has 4 rings (SSSR count). The molecule has 0 saturated heterocycles. The van der Waals surface area contributed by atoms with Crippen LogP contribution < -0.4 is 34.1 Å². The van der Waals surface area contributed by atoms with Gasteiger partial charge in [0.05, 0.1) is 11.4 Å². The molecule has 0 bridgehead atoms. The molecule has 2 aromatic heterocycles. The summed E-state index contributed by atoms with van der Waals surface area (Å²) in [6.07, 6.45) is 3.55. The maximum Gasteiger partial charge on any atom is 0.338 e. The van der Waals surface area contributed by atoms with Gasteiger partial charge in [-0.25, -0.2) is 37.9 Å². The first-order chi connectivity index (χ1) is 15.3. The number of aromatic amines is 4. The quantitative estimate of drug-likeness (QED) is 0.297. The van der Waals surface area contributed by atoms with Crippen LogP contribution in [0, 0.1) is 0 Å². The van der Waals surface area contributed by atoms with Crippen molar-refractivity contribution in [2.45, 2.75) is 0 Å². The highest BCUT2D eigenvalue weighted by atomic mass is 16.2. The molecule has 0 atom stereocenters. The highest BCUT2D eigenvalue weighted by molar-refractivity contribution is 5.70. The summed E-state index contributed by atoms with van der Waals surface area (Å²) in [4.78, 5) is 77.7. The number of hydrogen-bond acceptors (Lipinski definition) is 6. The molecule has 4 aromatic rings. The zero-order valence-corrected chi connectivity index (χ0v) is 16.1. The Morgan fingerprint density at radius 3 is 1.03 bits per heavy atom. The van der Waals surface area contributed by atoms with E-state index < -0.39 is 34.1 Å². The number of nitrogens with zero attached hydrogens (tertiary/aromatic N) is 2. The van der Waals surface area contributed by atoms with Gasteiger partial charge in [0.25, 0.3) is 0 Å². The minimum atomic E-state index is -0.878. The molecule has 0 amide bonds. The molecule has 0 saturated carbocycles. The van der Waals surface area contributed by atoms with Gasteiger partial charge in [-0.05, 0) is 35.4 Å². The average molecular weight is 434 g/mol. The van der Waals surface area contributed by atoms with Crippen molar-refractivity contribution in [3.63, 3.8) is 0 Å². The molecule has 0 fully saturated rings. The van der Waals surface area contributed by atoms with Crippen LogP contribution in [0.4, 0.5) is 0 Å². The van der Waals surface area contributed by atoms with E-state index in [0.29, 0.717) is 0 Å². The van der Waals surface area contributed by atoms with Crippen LogP contribution in [0.1, 0.15) is 11.1 Å². The van der Waals surface area contributed by atoms with Crippen LogP contribution in [0.25, 0.3) is 23.5 Å². The van der Waals surface area contributed by atoms with E-state index in [1.54, 1.807) is 60.7 Å². The Balaban J connectivity index is 1.57. The Kier molecular flexibility index (Phi) is 5.09. The van der Waals surface area contributed by atoms with Gasteiger partial charge in [0.2, 0.25) is 0 Å². The molecule has 0 aliphatic rings. The Labute approximate surface area is 175 Å². The molecule has 12 nitrogen and oxygen atoms in total. The summed E-state index contributed by atoms with van der Waals surface area (Å²) in [6, 6.07) is 12.9. The first-order valence-electron chi connectivity index (χ1n) is 9.12. The van der Waals surface area contributed by atoms with E-state index in [0.717, 1.165) is 20.3 Å². The van der Waals surface area contributed by atoms with E-state index >= 15 is 0 Å². The monoisotopic (exact) mass is 434 g/mol. The highest BCUT2D eigenvalue weighted by Gasteiger charge is 2.06. The molecule has 2 aromatic carbocycles. The summed E-state index contributed by atoms with van der Waals surface area (Å²) < 4.78 is 1.60. The van der Waals surface area contributed by atoms with Crippen molar-refractivity contribution in [1.29, 1.82) is 0 Å². The van der Waals surface area contributed by atoms with Gasteiger partial charge in [-0.1, -0.05) is 36.4 Å². The second-order valence-corrected chi connectivity index (χ2v) is 6.57. The zero-order chi connectivity index (χ0) is 22.8. The normalized spacial score (nSPS) is 11.1. The van der Waals surface area contributed by atoms with Gasteiger partial charge in [0.1, 0.15) is 0 Å². The summed E-state index contributed by atoms with van der Waals surface area (Å²) in [5.41, 5.74) is -3.04. The van der Waals surface area contributed by atoms with Crippen molar-refractivity contribution in [2.24, 2.45) is 0 Å². The van der Waals surface area contributed by atoms with Crippen LogP contribution in [0.3, 0.4) is 0 Å². The molecular weight excluding hydrogens is 420 g/mol. The predicted molar refractivity (Wildman–Crippen MR) is 115 cm³/mol. The zero-order valence-electron chi connectivity index (χ0n) is 16.1. The van der Waals surface area contributed by atoms with Gasteiger partial charge >= 0.3 is 34.1 Å². The van der Waals surface area contributed by atoms with Crippen LogP contribution in [0.2, 0.25) is 0 Å². The maximum atomic E-state index is 11.9. The van der Waals surface area contributed by atoms with Crippen LogP contribution in [-0.2, 0) is 0 Å². The number of aromatic nitrogens is 6. The summed E-state index contributed by atoms with van der Waals surface area (Å²) in [6.45, 7) is 0. The lowest BCUT2D eigenvalue weighted by Gasteiger charge is -2.04. The molecule has 12 heteroatoms. The lowest BCUT2D eigenvalue weighted by Crippen LogP contribution is -2.42. The SMILES string of the molecule is O=c1[nH]c(=O)n(-c2ccc(/C=C/c3ccc(-n4c(=O)[nH]c(=O)[nH]c4=O)cc3)cc2)c(=O)[nH]1. The van der Waals surface area contributed by atoms with Crippen molar-refractivity contribution in [3.8, 4) is 11.4 Å². The van der Waals surface area contributed by atoms with Crippen LogP contribution in [0.15, 0.2) is 77.3 Å². The second kappa shape index (κ2) is 8.02. The fourth-order valence-electron chi connectivity index (χ4n) is 2.99. The fourth-order valence-corrected chi connectivity index (χ4v) is 2.99. The third-order valence-corrected chi connectivity index (χ3v) is 4.47. The largest absolute Gasteiger partial charge is 0.338 e. The van der Waals surface area contributed by atoms with E-state index in [9.17, 15) is 28.8 Å². The van der Waals surface area contributed by atoms with Crippen LogP contribution >= 0.6 is 0 Å². The molecule has 0 aliphatic carbocycles. The molecule has 0 spiro atoms. The molecule has 0 radical (unpaired) electrons. The van der Waals surface area contributed by atoms with E-state index in [1.165, 1.54) is 0 Å². The molecule has 0 aliphatic heterocycles. The standard InChI is InChI=1S/C20H14N6O6/c27-15-21-17(29)25(18(30)22-15)13-7-3-11(4-8-13)1-2-12-5-9-14(10-6-12)26-19(31)23-16(28)24-20(26)32/h1-10H,(H2,21,22,27,29,30)(H2,23,24,28,31,32)/b2-1+. The van der Waals surface area contributed by atoms with Crippen molar-refractivity contribution in [2.75, 3.05) is 0 Å². The Hall–Kier alpha value is -5.00. The van der Waals surface area contributed by atoms with Crippen LogP contribution in [0.5, 0.6) is 0 Å². The molecule has 4 N–H and O–H groups in total. The van der Waals surface area contributed by atoms with Crippen molar-refractivity contribution >= 4 is 12.2 Å². The number of H-pyrrole nitrogens is 4. The summed E-state index contributed by atoms with van der Waals surface area (Å²) in [5.74, 6) is 0. The summed E-state index contributed by atoms with van der Waals surface area (Å²) in [7, 11) is 0. The Morgan fingerprint density at radius 1 is 0.469 bits per heavy atom. The van der Waals surface area contributed by atoms with Gasteiger partial charge in [0, 0.05) is 0 Å². The molecular formula is C20H14N6O6. The lowest BCUT2D eigenvalue weighted by atomic mass is 10.1. The second-order valence-electron chi connectivity index (χ2n) is 6.57. The number of hydrogen-bond donors (Lipinski definition) is 4. The molecule has 160 valence electrons.